The van der Waals surface area contributed by atoms with E-state index in [4.69, 9.17) is 14.9 Å². The molecule has 24 heavy (non-hydrogen) atoms. The van der Waals surface area contributed by atoms with Crippen LogP contribution < -0.4 is 11.1 Å². The van der Waals surface area contributed by atoms with Gasteiger partial charge in [-0.2, -0.15) is 0 Å². The summed E-state index contributed by atoms with van der Waals surface area (Å²) in [7, 11) is 0. The number of furan rings is 1. The Morgan fingerprint density at radius 3 is 2.71 bits per heavy atom. The van der Waals surface area contributed by atoms with Gasteiger partial charge in [0.1, 0.15) is 17.1 Å². The molecule has 0 aliphatic rings. The molecule has 0 spiro atoms. The second-order valence-corrected chi connectivity index (χ2v) is 7.16. The van der Waals surface area contributed by atoms with Crippen molar-refractivity contribution >= 4 is 34.1 Å². The number of esters is 1. The molecule has 0 bridgehead atoms. The number of aromatic nitrogens is 1. The molecule has 0 saturated heterocycles. The average molecular weight is 351 g/mol. The highest BCUT2D eigenvalue weighted by Crippen LogP contribution is 2.36. The molecule has 0 amide bonds. The normalized spacial score (nSPS) is 11.3. The highest BCUT2D eigenvalue weighted by molar-refractivity contribution is 7.17. The molecule has 2 aromatic heterocycles. The van der Waals surface area contributed by atoms with E-state index in [9.17, 15) is 9.59 Å². The molecular formula is C16H21N3O4S. The first-order valence-corrected chi connectivity index (χ1v) is 8.34. The van der Waals surface area contributed by atoms with E-state index in [2.05, 4.69) is 10.3 Å². The van der Waals surface area contributed by atoms with Gasteiger partial charge in [0, 0.05) is 11.5 Å². The van der Waals surface area contributed by atoms with Crippen LogP contribution in [0.25, 0.3) is 11.5 Å². The molecule has 7 nitrogen and oxygen atoms in total. The summed E-state index contributed by atoms with van der Waals surface area (Å²) in [4.78, 5) is 28.6. The Morgan fingerprint density at radius 1 is 1.38 bits per heavy atom. The van der Waals surface area contributed by atoms with Crippen LogP contribution in [0.3, 0.4) is 0 Å². The van der Waals surface area contributed by atoms with E-state index in [0.29, 0.717) is 34.0 Å². The smallest absolute Gasteiger partial charge is 0.325 e. The number of hydrogen-bond donors (Lipinski definition) is 2. The van der Waals surface area contributed by atoms with Crippen molar-refractivity contribution in [3.63, 3.8) is 0 Å². The average Bonchev–Trinajstić information content (AvgIpc) is 3.10. The molecule has 2 aromatic rings. The lowest BCUT2D eigenvalue weighted by Crippen LogP contribution is -2.19. The predicted molar refractivity (Wildman–Crippen MR) is 93.1 cm³/mol. The minimum atomic E-state index is -0.550. The zero-order chi connectivity index (χ0) is 17.9. The quantitative estimate of drug-likeness (QED) is 0.608. The van der Waals surface area contributed by atoms with Crippen LogP contribution in [0.2, 0.25) is 0 Å². The number of ketones is 1. The number of nitrogen functional groups attached to an aromatic ring is 1. The molecule has 0 fully saturated rings. The molecule has 0 radical (unpaired) electrons. The number of hydrogen-bond acceptors (Lipinski definition) is 8. The Bertz CT molecular complexity index is 743. The van der Waals surface area contributed by atoms with E-state index < -0.39 is 5.41 Å². The van der Waals surface area contributed by atoms with Crippen LogP contribution in [0, 0.1) is 5.41 Å². The van der Waals surface area contributed by atoms with Crippen molar-refractivity contribution in [1.82, 2.24) is 4.98 Å². The summed E-state index contributed by atoms with van der Waals surface area (Å²) in [6.45, 7) is 7.56. The van der Waals surface area contributed by atoms with Gasteiger partial charge < -0.3 is 20.2 Å². The number of nitrogens with two attached hydrogens (primary N) is 1. The number of nitrogens with one attached hydrogen (secondary N) is 1. The molecule has 130 valence electrons. The van der Waals surface area contributed by atoms with Gasteiger partial charge >= 0.3 is 5.97 Å². The third kappa shape index (κ3) is 4.14. The fourth-order valence-electron chi connectivity index (χ4n) is 1.93. The zero-order valence-electron chi connectivity index (χ0n) is 14.1. The third-order valence-corrected chi connectivity index (χ3v) is 3.97. The van der Waals surface area contributed by atoms with Crippen LogP contribution in [0.4, 0.5) is 11.0 Å². The summed E-state index contributed by atoms with van der Waals surface area (Å²) in [5.41, 5.74) is 5.64. The zero-order valence-corrected chi connectivity index (χ0v) is 15.0. The molecule has 0 aliphatic heterocycles. The number of carbonyl (C=O) groups is 2. The molecule has 0 saturated carbocycles. The van der Waals surface area contributed by atoms with Gasteiger partial charge in [-0.25, -0.2) is 4.98 Å². The molecule has 2 rings (SSSR count). The molecule has 3 N–H and O–H groups in total. The number of ether oxygens (including phenoxy) is 1. The Morgan fingerprint density at radius 2 is 2.08 bits per heavy atom. The third-order valence-electron chi connectivity index (χ3n) is 3.08. The van der Waals surface area contributed by atoms with Crippen molar-refractivity contribution in [3.05, 3.63) is 17.0 Å². The van der Waals surface area contributed by atoms with Gasteiger partial charge in [0.15, 0.2) is 22.6 Å². The maximum absolute atomic E-state index is 12.6. The monoisotopic (exact) mass is 351 g/mol. The van der Waals surface area contributed by atoms with Crippen molar-refractivity contribution in [3.8, 4) is 11.5 Å². The van der Waals surface area contributed by atoms with Crippen LogP contribution >= 0.6 is 11.3 Å². The van der Waals surface area contributed by atoms with Gasteiger partial charge in [0.25, 0.3) is 0 Å². The van der Waals surface area contributed by atoms with Crippen LogP contribution in [-0.4, -0.2) is 29.9 Å². The SMILES string of the molecule is CCOC(=O)CNc1ccc(-c2nc(N)sc2C(=O)C(C)(C)C)o1. The van der Waals surface area contributed by atoms with Crippen molar-refractivity contribution in [2.75, 3.05) is 24.2 Å². The van der Waals surface area contributed by atoms with Gasteiger partial charge in [0.2, 0.25) is 0 Å². The van der Waals surface area contributed by atoms with Gasteiger partial charge in [-0.3, -0.25) is 9.59 Å². The molecule has 0 aliphatic carbocycles. The highest BCUT2D eigenvalue weighted by Gasteiger charge is 2.29. The van der Waals surface area contributed by atoms with E-state index in [-0.39, 0.29) is 18.3 Å². The van der Waals surface area contributed by atoms with Crippen molar-refractivity contribution in [1.29, 1.82) is 0 Å². The minimum Gasteiger partial charge on any atom is -0.465 e. The molecule has 0 atom stereocenters. The van der Waals surface area contributed by atoms with E-state index >= 15 is 0 Å². The number of carbonyl (C=O) groups excluding carboxylic acids is 2. The van der Waals surface area contributed by atoms with E-state index in [1.807, 2.05) is 20.8 Å². The summed E-state index contributed by atoms with van der Waals surface area (Å²) in [6, 6.07) is 3.34. The maximum Gasteiger partial charge on any atom is 0.325 e. The largest absolute Gasteiger partial charge is 0.465 e. The first-order valence-electron chi connectivity index (χ1n) is 7.53. The Labute approximate surface area is 144 Å². The number of Topliss-reactive ketones (excluding diaryl/α,β-unsaturated/α-hetero) is 1. The van der Waals surface area contributed by atoms with Crippen LogP contribution in [-0.2, 0) is 9.53 Å². The first kappa shape index (κ1) is 18.0. The van der Waals surface area contributed by atoms with Crippen molar-refractivity contribution < 1.29 is 18.7 Å². The fourth-order valence-corrected chi connectivity index (χ4v) is 2.92. The summed E-state index contributed by atoms with van der Waals surface area (Å²) >= 11 is 1.14. The summed E-state index contributed by atoms with van der Waals surface area (Å²) < 4.78 is 10.5. The molecule has 2 heterocycles. The van der Waals surface area contributed by atoms with Gasteiger partial charge in [-0.05, 0) is 13.0 Å². The van der Waals surface area contributed by atoms with Crippen LogP contribution in [0.5, 0.6) is 0 Å². The Hall–Kier alpha value is -2.35. The molecule has 0 aromatic carbocycles. The number of rotatable bonds is 6. The molecule has 0 unspecified atom stereocenters. The summed E-state index contributed by atoms with van der Waals surface area (Å²) in [6.07, 6.45) is 0. The number of thiazole rings is 1. The van der Waals surface area contributed by atoms with Crippen molar-refractivity contribution in [2.24, 2.45) is 5.41 Å². The molecular weight excluding hydrogens is 330 g/mol. The lowest BCUT2D eigenvalue weighted by atomic mass is 9.89. The van der Waals surface area contributed by atoms with E-state index in [1.54, 1.807) is 19.1 Å². The van der Waals surface area contributed by atoms with Gasteiger partial charge in [-0.1, -0.05) is 32.1 Å². The maximum atomic E-state index is 12.6. The molecule has 8 heteroatoms. The summed E-state index contributed by atoms with van der Waals surface area (Å²) in [5, 5.41) is 3.12. The second-order valence-electron chi connectivity index (χ2n) is 6.13. The lowest BCUT2D eigenvalue weighted by Gasteiger charge is -2.15. The topological polar surface area (TPSA) is 107 Å². The predicted octanol–water partition coefficient (Wildman–Crippen LogP) is 3.19. The van der Waals surface area contributed by atoms with Crippen LogP contribution in [0.1, 0.15) is 37.4 Å². The fraction of sp³-hybridized carbons (Fsp3) is 0.438. The van der Waals surface area contributed by atoms with E-state index in [1.165, 1.54) is 0 Å². The van der Waals surface area contributed by atoms with Gasteiger partial charge in [0.05, 0.1) is 6.61 Å². The van der Waals surface area contributed by atoms with E-state index in [0.717, 1.165) is 11.3 Å². The minimum absolute atomic E-state index is 0.00617. The van der Waals surface area contributed by atoms with Crippen LogP contribution in [0.15, 0.2) is 16.5 Å². The standard InChI is InChI=1S/C16H21N3O4S/c1-5-22-11(20)8-18-10-7-6-9(23-10)12-13(24-15(17)19-12)14(21)16(2,3)4/h6-7,18H,5,8H2,1-4H3,(H2,17,19). The van der Waals surface area contributed by atoms with Crippen molar-refractivity contribution in [2.45, 2.75) is 27.7 Å². The highest BCUT2D eigenvalue weighted by atomic mass is 32.1. The number of anilines is 2. The first-order chi connectivity index (χ1) is 11.2. The van der Waals surface area contributed by atoms with Gasteiger partial charge in [-0.15, -0.1) is 0 Å². The summed E-state index contributed by atoms with van der Waals surface area (Å²) in [5.74, 6) is 0.377. The Kier molecular flexibility index (Phi) is 5.28. The second kappa shape index (κ2) is 7.04. The number of nitrogens with zero attached hydrogens (tertiary/aromatic N) is 1. The lowest BCUT2D eigenvalue weighted by molar-refractivity contribution is -0.140. The Balaban J connectivity index is 2.21.